The average Bonchev–Trinajstić information content (AvgIpc) is 3.76. The van der Waals surface area contributed by atoms with Crippen molar-refractivity contribution in [1.82, 2.24) is 10.2 Å². The van der Waals surface area contributed by atoms with Crippen molar-refractivity contribution in [2.45, 2.75) is 95.2 Å². The van der Waals surface area contributed by atoms with Crippen molar-refractivity contribution in [2.24, 2.45) is 5.92 Å². The molecule has 1 aromatic rings. The molecule has 15 heteroatoms. The van der Waals surface area contributed by atoms with E-state index in [0.717, 1.165) is 11.1 Å². The van der Waals surface area contributed by atoms with E-state index in [2.05, 4.69) is 17.9 Å². The zero-order valence-corrected chi connectivity index (χ0v) is 31.4. The normalized spacial score (nSPS) is 30.7. The van der Waals surface area contributed by atoms with Crippen molar-refractivity contribution in [3.05, 3.63) is 46.5 Å². The highest BCUT2D eigenvalue weighted by molar-refractivity contribution is 7.80. The van der Waals surface area contributed by atoms with Gasteiger partial charge in [0, 0.05) is 40.0 Å². The number of nitrogens with zero attached hydrogens (tertiary/aromatic N) is 2. The highest BCUT2D eigenvalue weighted by Crippen LogP contribution is 2.49. The molecule has 1 aromatic carbocycles. The van der Waals surface area contributed by atoms with Crippen molar-refractivity contribution < 1.29 is 48.0 Å². The molecule has 0 aliphatic carbocycles. The number of likely N-dealkylation sites (N-methyl/N-ethyl adjacent to an activating group) is 1. The molecule has 3 aliphatic heterocycles. The maximum Gasteiger partial charge on any atom is 0.409 e. The number of halogens is 1. The van der Waals surface area contributed by atoms with Crippen molar-refractivity contribution in [1.29, 1.82) is 0 Å². The van der Waals surface area contributed by atoms with Gasteiger partial charge in [0.15, 0.2) is 5.72 Å². The molecular weight excluding hydrogens is 690 g/mol. The van der Waals surface area contributed by atoms with E-state index in [1.54, 1.807) is 45.2 Å². The summed E-state index contributed by atoms with van der Waals surface area (Å²) in [5.74, 6) is -1.30. The number of methoxy groups -OCH3 is 2. The number of anilines is 1. The molecule has 0 unspecified atom stereocenters. The van der Waals surface area contributed by atoms with Crippen LogP contribution < -0.4 is 15.0 Å². The van der Waals surface area contributed by atoms with E-state index < -0.39 is 65.7 Å². The molecule has 2 N–H and O–H groups in total. The minimum Gasteiger partial charge on any atom is -0.495 e. The van der Waals surface area contributed by atoms with Gasteiger partial charge in [0.1, 0.15) is 40.7 Å². The summed E-state index contributed by atoms with van der Waals surface area (Å²) in [7, 11) is 5.98. The zero-order chi connectivity index (χ0) is 37.1. The van der Waals surface area contributed by atoms with E-state index >= 15 is 0 Å². The van der Waals surface area contributed by atoms with Crippen LogP contribution in [0.4, 0.5) is 10.5 Å². The quantitative estimate of drug-likeness (QED) is 0.214. The van der Waals surface area contributed by atoms with Crippen LogP contribution in [0.25, 0.3) is 0 Å². The summed E-state index contributed by atoms with van der Waals surface area (Å²) < 4.78 is 29.0. The maximum absolute atomic E-state index is 14.0. The number of esters is 1. The fourth-order valence-corrected chi connectivity index (χ4v) is 6.99. The van der Waals surface area contributed by atoms with Crippen molar-refractivity contribution in [2.75, 3.05) is 39.0 Å². The van der Waals surface area contributed by atoms with E-state index in [4.69, 9.17) is 35.3 Å². The van der Waals surface area contributed by atoms with Crippen LogP contribution in [-0.4, -0.2) is 110 Å². The SMILES string of the molecule is COc1cc2cc(c1Cl)N(C)C(=O)C[C@H](OC(=O)[C@H](C)N(C)C(=O)CCS)[C@]1(C)O[C@@H]1[C@H](C)[C@H]1C[C@@](O)(NC(=O)O1)[C@H](OC)C=CC=C(C)C2. The van der Waals surface area contributed by atoms with Crippen LogP contribution in [-0.2, 0) is 39.8 Å². The molecule has 0 spiro atoms. The van der Waals surface area contributed by atoms with E-state index in [1.807, 2.05) is 13.0 Å². The fourth-order valence-electron chi connectivity index (χ4n) is 6.49. The first-order chi connectivity index (χ1) is 23.5. The third-order valence-corrected chi connectivity index (χ3v) is 10.5. The number of thiol groups is 1. The second kappa shape index (κ2) is 15.9. The number of hydrogen-bond acceptors (Lipinski definition) is 11. The molecular formula is C35H48ClN3O10S. The van der Waals surface area contributed by atoms with Gasteiger partial charge in [0.05, 0.1) is 25.3 Å². The predicted molar refractivity (Wildman–Crippen MR) is 189 cm³/mol. The van der Waals surface area contributed by atoms with Crippen LogP contribution in [0.1, 0.15) is 52.5 Å². The summed E-state index contributed by atoms with van der Waals surface area (Å²) in [5.41, 5.74) is -0.903. The number of benzene rings is 1. The Morgan fingerprint density at radius 2 is 1.98 bits per heavy atom. The standard InChI is InChI=1S/C35H48ClN3O10S/c1-19-10-9-11-26(46-8)35(44)18-25(47-33(43)37-35)20(2)31-34(4,49-31)27(48-32(42)21(3)38(5)28(40)12-13-50)17-29(41)39(6)23-15-22(14-19)16-24(45-7)30(23)36/h9-11,15-16,20-21,25-27,31,44,50H,12-14,17-18H2,1-8H3,(H,37,43)/t20-,21+,25-,26-,27+,31-,34+,35+/m1/s1. The Hall–Kier alpha value is -3.30. The lowest BCUT2D eigenvalue weighted by Crippen LogP contribution is -2.63. The van der Waals surface area contributed by atoms with Crippen LogP contribution >= 0.6 is 24.2 Å². The Bertz CT molecular complexity index is 1540. The number of fused-ring (bicyclic) bond motifs is 5. The third-order valence-electron chi connectivity index (χ3n) is 9.85. The molecule has 0 saturated carbocycles. The molecule has 3 amide bonds. The summed E-state index contributed by atoms with van der Waals surface area (Å²) >= 11 is 10.8. The molecule has 13 nitrogen and oxygen atoms in total. The molecule has 0 aromatic heterocycles. The number of carbonyl (C=O) groups is 4. The number of aliphatic hydroxyl groups is 1. The first-order valence-electron chi connectivity index (χ1n) is 16.4. The second-order valence-electron chi connectivity index (χ2n) is 13.4. The van der Waals surface area contributed by atoms with Crippen molar-refractivity contribution in [3.63, 3.8) is 0 Å². The number of epoxide rings is 1. The van der Waals surface area contributed by atoms with Crippen molar-refractivity contribution in [3.8, 4) is 5.75 Å². The predicted octanol–water partition coefficient (Wildman–Crippen LogP) is 3.83. The number of allylic oxidation sites excluding steroid dienone is 3. The van der Waals surface area contributed by atoms with Gasteiger partial charge in [0.2, 0.25) is 11.8 Å². The second-order valence-corrected chi connectivity index (χ2v) is 14.2. The molecule has 0 radical (unpaired) electrons. The summed E-state index contributed by atoms with van der Waals surface area (Å²) in [6.07, 6.45) is 1.08. The summed E-state index contributed by atoms with van der Waals surface area (Å²) in [6, 6.07) is 2.60. The van der Waals surface area contributed by atoms with Crippen LogP contribution in [0.3, 0.4) is 0 Å². The number of carbonyl (C=O) groups excluding carboxylic acids is 4. The minimum atomic E-state index is -1.82. The van der Waals surface area contributed by atoms with E-state index in [9.17, 15) is 24.3 Å². The number of nitrogens with one attached hydrogen (secondary N) is 1. The first kappa shape index (κ1) is 39.5. The highest BCUT2D eigenvalue weighted by atomic mass is 35.5. The Morgan fingerprint density at radius 3 is 2.62 bits per heavy atom. The van der Waals surface area contributed by atoms with E-state index in [0.29, 0.717) is 23.6 Å². The molecule has 276 valence electrons. The summed E-state index contributed by atoms with van der Waals surface area (Å²) in [5, 5.41) is 14.4. The van der Waals surface area contributed by atoms with Gasteiger partial charge in [-0.2, -0.15) is 12.6 Å². The summed E-state index contributed by atoms with van der Waals surface area (Å²) in [4.78, 5) is 55.6. The minimum absolute atomic E-state index is 0.0489. The highest BCUT2D eigenvalue weighted by Gasteiger charge is 2.64. The van der Waals surface area contributed by atoms with E-state index in [1.165, 1.54) is 38.0 Å². The molecule has 4 rings (SSSR count). The number of rotatable bonds is 7. The largest absolute Gasteiger partial charge is 0.495 e. The molecule has 2 fully saturated rings. The van der Waals surface area contributed by atoms with Gasteiger partial charge in [-0.05, 0) is 50.6 Å². The molecule has 50 heavy (non-hydrogen) atoms. The number of hydrogen-bond donors (Lipinski definition) is 3. The lowest BCUT2D eigenvalue weighted by atomic mass is 9.83. The summed E-state index contributed by atoms with van der Waals surface area (Å²) in [6.45, 7) is 6.96. The van der Waals surface area contributed by atoms with Gasteiger partial charge in [-0.1, -0.05) is 42.3 Å². The van der Waals surface area contributed by atoms with Crippen LogP contribution in [0.2, 0.25) is 5.02 Å². The van der Waals surface area contributed by atoms with Crippen molar-refractivity contribution >= 4 is 53.8 Å². The number of amides is 3. The van der Waals surface area contributed by atoms with Crippen LogP contribution in [0.15, 0.2) is 35.9 Å². The maximum atomic E-state index is 14.0. The van der Waals surface area contributed by atoms with E-state index in [-0.39, 0.29) is 30.2 Å². The fraction of sp³-hybridized carbons (Fsp3) is 0.600. The van der Waals surface area contributed by atoms with Gasteiger partial charge in [0.25, 0.3) is 0 Å². The van der Waals surface area contributed by atoms with Gasteiger partial charge in [-0.3, -0.25) is 14.9 Å². The Morgan fingerprint density at radius 1 is 1.28 bits per heavy atom. The van der Waals surface area contributed by atoms with Crippen LogP contribution in [0, 0.1) is 5.92 Å². The topological polar surface area (TPSA) is 156 Å². The first-order valence-corrected chi connectivity index (χ1v) is 17.5. The van der Waals surface area contributed by atoms with Crippen LogP contribution in [0.5, 0.6) is 5.75 Å². The Kier molecular flexibility index (Phi) is 12.6. The lowest BCUT2D eigenvalue weighted by molar-refractivity contribution is -0.161. The molecule has 3 heterocycles. The Balaban J connectivity index is 1.78. The monoisotopic (exact) mass is 737 g/mol. The van der Waals surface area contributed by atoms with Gasteiger partial charge < -0.3 is 38.6 Å². The van der Waals surface area contributed by atoms with Gasteiger partial charge in [-0.15, -0.1) is 0 Å². The van der Waals surface area contributed by atoms with Gasteiger partial charge >= 0.3 is 12.1 Å². The molecule has 2 saturated heterocycles. The third kappa shape index (κ3) is 8.42. The lowest BCUT2D eigenvalue weighted by Gasteiger charge is -2.42. The number of ether oxygens (including phenoxy) is 5. The number of alkyl carbamates (subject to hydrolysis) is 1. The zero-order valence-electron chi connectivity index (χ0n) is 29.7. The Labute approximate surface area is 303 Å². The average molecular weight is 738 g/mol. The van der Waals surface area contributed by atoms with Gasteiger partial charge in [-0.25, -0.2) is 9.59 Å². The molecule has 3 aliphatic rings. The molecule has 4 bridgehead atoms. The smallest absolute Gasteiger partial charge is 0.409 e. The molecule has 8 atom stereocenters.